The summed E-state index contributed by atoms with van der Waals surface area (Å²) in [5, 5.41) is 5.94. The van der Waals surface area contributed by atoms with E-state index in [-0.39, 0.29) is 0 Å². The smallest absolute Gasteiger partial charge is 0.127 e. The zero-order valence-corrected chi connectivity index (χ0v) is 20.2. The van der Waals surface area contributed by atoms with E-state index in [0.29, 0.717) is 13.2 Å². The zero-order chi connectivity index (χ0) is 23.2. The average molecular weight is 510 g/mol. The molecule has 0 unspecified atom stereocenters. The quantitative estimate of drug-likeness (QED) is 0.227. The van der Waals surface area contributed by atoms with Crippen LogP contribution in [-0.4, -0.2) is 0 Å². The van der Waals surface area contributed by atoms with Crippen LogP contribution in [0.5, 0.6) is 17.2 Å². The number of anilines is 1. The predicted molar refractivity (Wildman–Crippen MR) is 143 cm³/mol. The first-order valence-electron chi connectivity index (χ1n) is 11.2. The maximum Gasteiger partial charge on any atom is 0.127 e. The lowest BCUT2D eigenvalue weighted by Crippen LogP contribution is -2.04. The van der Waals surface area contributed by atoms with Crippen molar-refractivity contribution >= 4 is 32.4 Å². The van der Waals surface area contributed by atoms with Gasteiger partial charge in [-0.15, -0.1) is 0 Å². The van der Waals surface area contributed by atoms with Crippen molar-refractivity contribution in [1.82, 2.24) is 0 Å². The van der Waals surface area contributed by atoms with Gasteiger partial charge in [-0.1, -0.05) is 76.6 Å². The third-order valence-corrected chi connectivity index (χ3v) is 6.10. The molecule has 0 radical (unpaired) electrons. The summed E-state index contributed by atoms with van der Waals surface area (Å²) in [6.45, 7) is 1.16. The van der Waals surface area contributed by atoms with E-state index in [0.717, 1.165) is 33.0 Å². The molecule has 0 aliphatic heterocycles. The second-order valence-electron chi connectivity index (χ2n) is 7.97. The van der Waals surface area contributed by atoms with Crippen LogP contribution in [0.25, 0.3) is 10.8 Å². The Morgan fingerprint density at radius 1 is 0.647 bits per heavy atom. The zero-order valence-electron chi connectivity index (χ0n) is 18.6. The fourth-order valence-electron chi connectivity index (χ4n) is 3.86. The number of benzene rings is 5. The number of nitrogens with one attached hydrogen (secondary N) is 1. The number of ether oxygens (including phenoxy) is 2. The Morgan fingerprint density at radius 3 is 2.24 bits per heavy atom. The van der Waals surface area contributed by atoms with Crippen molar-refractivity contribution in [2.24, 2.45) is 0 Å². The molecule has 4 heteroatoms. The molecule has 1 N–H and O–H groups in total. The lowest BCUT2D eigenvalue weighted by molar-refractivity contribution is 0.304. The molecule has 168 valence electrons. The first-order chi connectivity index (χ1) is 16.7. The van der Waals surface area contributed by atoms with Gasteiger partial charge in [-0.2, -0.15) is 0 Å². The van der Waals surface area contributed by atoms with E-state index < -0.39 is 0 Å². The second kappa shape index (κ2) is 10.4. The molecule has 0 saturated carbocycles. The highest BCUT2D eigenvalue weighted by Crippen LogP contribution is 2.28. The largest absolute Gasteiger partial charge is 0.489 e. The predicted octanol–water partition coefficient (Wildman–Crippen LogP) is 8.59. The molecule has 0 saturated heterocycles. The van der Waals surface area contributed by atoms with Crippen LogP contribution in [0.3, 0.4) is 0 Å². The molecular formula is C30H24BrNO2. The minimum atomic E-state index is 0.515. The van der Waals surface area contributed by atoms with Crippen LogP contribution in [-0.2, 0) is 13.2 Å². The Balaban J connectivity index is 1.26. The molecular weight excluding hydrogens is 486 g/mol. The Morgan fingerprint density at radius 2 is 1.38 bits per heavy atom. The Kier molecular flexibility index (Phi) is 6.78. The highest BCUT2D eigenvalue weighted by molar-refractivity contribution is 9.10. The van der Waals surface area contributed by atoms with Crippen LogP contribution in [0, 0.1) is 0 Å². The summed E-state index contributed by atoms with van der Waals surface area (Å²) in [6, 6.07) is 38.6. The first-order valence-corrected chi connectivity index (χ1v) is 12.0. The van der Waals surface area contributed by atoms with Gasteiger partial charge in [0, 0.05) is 22.3 Å². The van der Waals surface area contributed by atoms with E-state index in [1.54, 1.807) is 0 Å². The normalized spacial score (nSPS) is 10.7. The Bertz CT molecular complexity index is 1380. The molecule has 0 aromatic heterocycles. The van der Waals surface area contributed by atoms with E-state index >= 15 is 0 Å². The van der Waals surface area contributed by atoms with Crippen LogP contribution in [0.1, 0.15) is 11.1 Å². The van der Waals surface area contributed by atoms with Gasteiger partial charge in [0.05, 0.1) is 0 Å². The third-order valence-electron chi connectivity index (χ3n) is 5.60. The molecule has 34 heavy (non-hydrogen) atoms. The lowest BCUT2D eigenvalue weighted by atomic mass is 10.1. The molecule has 0 atom stereocenters. The molecule has 0 heterocycles. The van der Waals surface area contributed by atoms with Crippen molar-refractivity contribution in [2.75, 3.05) is 5.32 Å². The molecule has 0 aliphatic rings. The summed E-state index contributed by atoms with van der Waals surface area (Å²) in [4.78, 5) is 0. The summed E-state index contributed by atoms with van der Waals surface area (Å²) in [5.41, 5.74) is 3.27. The SMILES string of the molecule is Brc1ccc(OCc2cccc3ccccc23)c(CNc2ccc(Oc3ccccc3)cc2)c1. The lowest BCUT2D eigenvalue weighted by Gasteiger charge is -2.15. The second-order valence-corrected chi connectivity index (χ2v) is 8.89. The van der Waals surface area contributed by atoms with Gasteiger partial charge in [-0.3, -0.25) is 0 Å². The average Bonchev–Trinajstić information content (AvgIpc) is 2.88. The number of halogens is 1. The highest BCUT2D eigenvalue weighted by Gasteiger charge is 2.08. The van der Waals surface area contributed by atoms with E-state index in [9.17, 15) is 0 Å². The van der Waals surface area contributed by atoms with Gasteiger partial charge in [-0.05, 0) is 70.9 Å². The fraction of sp³-hybridized carbons (Fsp3) is 0.0667. The molecule has 3 nitrogen and oxygen atoms in total. The molecule has 0 amide bonds. The van der Waals surface area contributed by atoms with Gasteiger partial charge in [-0.25, -0.2) is 0 Å². The number of rotatable bonds is 8. The van der Waals surface area contributed by atoms with E-state index in [1.807, 2.05) is 66.7 Å². The van der Waals surface area contributed by atoms with Gasteiger partial charge in [0.2, 0.25) is 0 Å². The van der Waals surface area contributed by atoms with Crippen molar-refractivity contribution in [3.63, 3.8) is 0 Å². The highest BCUT2D eigenvalue weighted by atomic mass is 79.9. The standard InChI is InChI=1S/C30H24BrNO2/c31-25-13-18-30(33-21-23-9-6-8-22-7-4-5-12-29(22)23)24(19-25)20-32-26-14-16-28(17-15-26)34-27-10-2-1-3-11-27/h1-19,32H,20-21H2. The van der Waals surface area contributed by atoms with Crippen molar-refractivity contribution in [3.8, 4) is 17.2 Å². The summed E-state index contributed by atoms with van der Waals surface area (Å²) >= 11 is 3.59. The summed E-state index contributed by atoms with van der Waals surface area (Å²) in [7, 11) is 0. The van der Waals surface area contributed by atoms with Crippen LogP contribution >= 0.6 is 15.9 Å². The van der Waals surface area contributed by atoms with Crippen LogP contribution in [0.4, 0.5) is 5.69 Å². The van der Waals surface area contributed by atoms with Crippen molar-refractivity contribution in [3.05, 3.63) is 131 Å². The maximum atomic E-state index is 6.28. The molecule has 5 aromatic rings. The number of para-hydroxylation sites is 1. The van der Waals surface area contributed by atoms with Gasteiger partial charge >= 0.3 is 0 Å². The van der Waals surface area contributed by atoms with Crippen LogP contribution < -0.4 is 14.8 Å². The van der Waals surface area contributed by atoms with Crippen LogP contribution in [0.15, 0.2) is 120 Å². The monoisotopic (exact) mass is 509 g/mol. The molecule has 5 rings (SSSR count). The summed E-state index contributed by atoms with van der Waals surface area (Å²) in [6.07, 6.45) is 0. The van der Waals surface area contributed by atoms with Gasteiger partial charge in [0.1, 0.15) is 23.9 Å². The molecule has 0 fully saturated rings. The minimum absolute atomic E-state index is 0.515. The Hall–Kier alpha value is -3.76. The molecule has 0 aliphatic carbocycles. The van der Waals surface area contributed by atoms with Crippen molar-refractivity contribution in [2.45, 2.75) is 13.2 Å². The fourth-order valence-corrected chi connectivity index (χ4v) is 4.27. The van der Waals surface area contributed by atoms with Gasteiger partial charge < -0.3 is 14.8 Å². The number of fused-ring (bicyclic) bond motifs is 1. The molecule has 5 aromatic carbocycles. The number of hydrogen-bond acceptors (Lipinski definition) is 3. The van der Waals surface area contributed by atoms with Gasteiger partial charge in [0.15, 0.2) is 0 Å². The van der Waals surface area contributed by atoms with Crippen LogP contribution in [0.2, 0.25) is 0 Å². The first kappa shape index (κ1) is 22.1. The maximum absolute atomic E-state index is 6.28. The van der Waals surface area contributed by atoms with E-state index in [1.165, 1.54) is 16.3 Å². The third kappa shape index (κ3) is 5.41. The number of hydrogen-bond donors (Lipinski definition) is 1. The topological polar surface area (TPSA) is 30.5 Å². The molecule has 0 spiro atoms. The van der Waals surface area contributed by atoms with E-state index in [4.69, 9.17) is 9.47 Å². The van der Waals surface area contributed by atoms with E-state index in [2.05, 4.69) is 69.8 Å². The molecule has 0 bridgehead atoms. The van der Waals surface area contributed by atoms with Crippen molar-refractivity contribution < 1.29 is 9.47 Å². The summed E-state index contributed by atoms with van der Waals surface area (Å²) < 4.78 is 13.2. The van der Waals surface area contributed by atoms with Gasteiger partial charge in [0.25, 0.3) is 0 Å². The van der Waals surface area contributed by atoms with Crippen molar-refractivity contribution in [1.29, 1.82) is 0 Å². The minimum Gasteiger partial charge on any atom is -0.489 e. The summed E-state index contributed by atoms with van der Waals surface area (Å²) in [5.74, 6) is 2.50. The Labute approximate surface area is 208 Å².